The number of amides is 2. The molecule has 0 unspecified atom stereocenters. The summed E-state index contributed by atoms with van der Waals surface area (Å²) in [6, 6.07) is 20.4. The van der Waals surface area contributed by atoms with Crippen LogP contribution in [0.3, 0.4) is 0 Å². The lowest BCUT2D eigenvalue weighted by atomic mass is 10.1. The zero-order valence-corrected chi connectivity index (χ0v) is 19.0. The van der Waals surface area contributed by atoms with Crippen molar-refractivity contribution in [2.24, 2.45) is 0 Å². The lowest BCUT2D eigenvalue weighted by molar-refractivity contribution is -0.119. The monoisotopic (exact) mass is 469 g/mol. The first-order valence-corrected chi connectivity index (χ1v) is 11.4. The van der Waals surface area contributed by atoms with Crippen molar-refractivity contribution >= 4 is 29.4 Å². The van der Waals surface area contributed by atoms with Crippen LogP contribution in [0.15, 0.2) is 91.0 Å². The van der Waals surface area contributed by atoms with Gasteiger partial charge in [-0.15, -0.1) is 0 Å². The number of benzene rings is 3. The summed E-state index contributed by atoms with van der Waals surface area (Å²) in [5, 5.41) is 0. The standard InChI is InChI=1S/C29H24FNO4/c30-24-11-9-23(10-12-24)27(32)17-8-22-6-15-26(16-7-22)35-20-2-1-3-21-4-13-25(14-5-21)31-28(33)18-19-29(31)34/h4-19H,1-3,20H2. The molecule has 0 saturated carbocycles. The Morgan fingerprint density at radius 3 is 2.14 bits per heavy atom. The van der Waals surface area contributed by atoms with Gasteiger partial charge >= 0.3 is 0 Å². The number of imide groups is 1. The number of halogens is 1. The zero-order valence-electron chi connectivity index (χ0n) is 19.0. The van der Waals surface area contributed by atoms with Crippen LogP contribution in [0.1, 0.15) is 34.3 Å². The Bertz CT molecular complexity index is 1240. The Morgan fingerprint density at radius 1 is 0.829 bits per heavy atom. The van der Waals surface area contributed by atoms with Gasteiger partial charge in [0.25, 0.3) is 11.8 Å². The summed E-state index contributed by atoms with van der Waals surface area (Å²) >= 11 is 0. The summed E-state index contributed by atoms with van der Waals surface area (Å²) in [6.45, 7) is 0.582. The van der Waals surface area contributed by atoms with Crippen LogP contribution in [0, 0.1) is 5.82 Å². The molecule has 0 aliphatic carbocycles. The van der Waals surface area contributed by atoms with E-state index in [1.807, 2.05) is 36.4 Å². The van der Waals surface area contributed by atoms with Gasteiger partial charge in [0.1, 0.15) is 11.6 Å². The van der Waals surface area contributed by atoms with Gasteiger partial charge in [0.05, 0.1) is 12.3 Å². The van der Waals surface area contributed by atoms with Crippen molar-refractivity contribution in [3.8, 4) is 5.75 Å². The fraction of sp³-hybridized carbons (Fsp3) is 0.138. The first-order valence-electron chi connectivity index (χ1n) is 11.4. The van der Waals surface area contributed by atoms with Gasteiger partial charge in [-0.05, 0) is 85.0 Å². The molecular formula is C29H24FNO4. The third-order valence-corrected chi connectivity index (χ3v) is 5.57. The number of carbonyl (C=O) groups is 3. The van der Waals surface area contributed by atoms with Gasteiger partial charge in [0.2, 0.25) is 0 Å². The molecule has 6 heteroatoms. The molecule has 0 fully saturated rings. The summed E-state index contributed by atoms with van der Waals surface area (Å²) in [5.41, 5.74) is 3.01. The number of ketones is 1. The van der Waals surface area contributed by atoms with Gasteiger partial charge in [0, 0.05) is 17.7 Å². The highest BCUT2D eigenvalue weighted by molar-refractivity contribution is 6.28. The van der Waals surface area contributed by atoms with E-state index in [4.69, 9.17) is 4.74 Å². The van der Waals surface area contributed by atoms with Crippen LogP contribution in [0.25, 0.3) is 6.08 Å². The highest BCUT2D eigenvalue weighted by Gasteiger charge is 2.24. The van der Waals surface area contributed by atoms with Crippen molar-refractivity contribution in [3.05, 3.63) is 114 Å². The number of aryl methyl sites for hydroxylation is 1. The van der Waals surface area contributed by atoms with E-state index in [2.05, 4.69) is 0 Å². The number of unbranched alkanes of at least 4 members (excludes halogenated alkanes) is 1. The first kappa shape index (κ1) is 23.8. The quantitative estimate of drug-likeness (QED) is 0.169. The molecule has 1 heterocycles. The molecule has 4 rings (SSSR count). The van der Waals surface area contributed by atoms with E-state index in [9.17, 15) is 18.8 Å². The van der Waals surface area contributed by atoms with Crippen molar-refractivity contribution < 1.29 is 23.5 Å². The predicted octanol–water partition coefficient (Wildman–Crippen LogP) is 5.55. The number of hydrogen-bond donors (Lipinski definition) is 0. The number of hydrogen-bond acceptors (Lipinski definition) is 4. The van der Waals surface area contributed by atoms with Crippen molar-refractivity contribution in [2.75, 3.05) is 11.5 Å². The molecular weight excluding hydrogens is 445 g/mol. The van der Waals surface area contributed by atoms with E-state index in [1.54, 1.807) is 18.2 Å². The largest absolute Gasteiger partial charge is 0.494 e. The third kappa shape index (κ3) is 6.38. The zero-order chi connectivity index (χ0) is 24.6. The Balaban J connectivity index is 1.17. The number of rotatable bonds is 10. The molecule has 0 radical (unpaired) electrons. The molecule has 0 aromatic heterocycles. The smallest absolute Gasteiger partial charge is 0.258 e. The van der Waals surface area contributed by atoms with E-state index >= 15 is 0 Å². The Hall–Kier alpha value is -4.32. The van der Waals surface area contributed by atoms with E-state index in [0.29, 0.717) is 17.9 Å². The van der Waals surface area contributed by atoms with Gasteiger partial charge in [-0.1, -0.05) is 30.3 Å². The molecule has 0 saturated heterocycles. The number of ether oxygens (including phenoxy) is 1. The van der Waals surface area contributed by atoms with Crippen molar-refractivity contribution in [1.82, 2.24) is 0 Å². The van der Waals surface area contributed by atoms with Gasteiger partial charge in [-0.3, -0.25) is 14.4 Å². The van der Waals surface area contributed by atoms with Gasteiger partial charge in [-0.2, -0.15) is 0 Å². The van der Waals surface area contributed by atoms with Crippen LogP contribution < -0.4 is 9.64 Å². The molecule has 0 spiro atoms. The molecule has 3 aromatic rings. The Morgan fingerprint density at radius 2 is 1.49 bits per heavy atom. The summed E-state index contributed by atoms with van der Waals surface area (Å²) in [6.07, 6.45) is 8.42. The highest BCUT2D eigenvalue weighted by Crippen LogP contribution is 2.20. The average molecular weight is 470 g/mol. The molecule has 0 N–H and O–H groups in total. The maximum Gasteiger partial charge on any atom is 0.258 e. The Labute approximate surface area is 203 Å². The number of allylic oxidation sites excluding steroid dienone is 1. The van der Waals surface area contributed by atoms with Crippen LogP contribution in [-0.2, 0) is 16.0 Å². The second-order valence-corrected chi connectivity index (χ2v) is 8.09. The molecule has 3 aromatic carbocycles. The number of carbonyl (C=O) groups excluding carboxylic acids is 3. The summed E-state index contributed by atoms with van der Waals surface area (Å²) in [7, 11) is 0. The van der Waals surface area contributed by atoms with Crippen molar-refractivity contribution in [2.45, 2.75) is 19.3 Å². The average Bonchev–Trinajstić information content (AvgIpc) is 3.21. The van der Waals surface area contributed by atoms with Crippen LogP contribution >= 0.6 is 0 Å². The molecule has 0 bridgehead atoms. The van der Waals surface area contributed by atoms with Crippen LogP contribution in [0.2, 0.25) is 0 Å². The van der Waals surface area contributed by atoms with Crippen LogP contribution in [0.5, 0.6) is 5.75 Å². The minimum Gasteiger partial charge on any atom is -0.494 e. The minimum absolute atomic E-state index is 0.185. The predicted molar refractivity (Wildman–Crippen MR) is 133 cm³/mol. The van der Waals surface area contributed by atoms with Gasteiger partial charge < -0.3 is 4.74 Å². The third-order valence-electron chi connectivity index (χ3n) is 5.57. The lowest BCUT2D eigenvalue weighted by Crippen LogP contribution is -2.29. The van der Waals surface area contributed by atoms with Gasteiger partial charge in [-0.25, -0.2) is 9.29 Å². The molecule has 0 atom stereocenters. The number of nitrogens with zero attached hydrogens (tertiary/aromatic N) is 1. The maximum absolute atomic E-state index is 13.0. The minimum atomic E-state index is -0.372. The lowest BCUT2D eigenvalue weighted by Gasteiger charge is -2.14. The van der Waals surface area contributed by atoms with E-state index < -0.39 is 0 Å². The van der Waals surface area contributed by atoms with Crippen molar-refractivity contribution in [1.29, 1.82) is 0 Å². The van der Waals surface area contributed by atoms with E-state index in [0.717, 1.165) is 41.0 Å². The molecule has 35 heavy (non-hydrogen) atoms. The molecule has 5 nitrogen and oxygen atoms in total. The molecule has 176 valence electrons. The second-order valence-electron chi connectivity index (χ2n) is 8.09. The van der Waals surface area contributed by atoms with E-state index in [1.165, 1.54) is 42.5 Å². The second kappa shape index (κ2) is 11.2. The van der Waals surface area contributed by atoms with Crippen LogP contribution in [0.4, 0.5) is 10.1 Å². The SMILES string of the molecule is O=C(C=Cc1ccc(OCCCCc2ccc(N3C(=O)C=CC3=O)cc2)cc1)c1ccc(F)cc1. The molecule has 1 aliphatic rings. The van der Waals surface area contributed by atoms with E-state index in [-0.39, 0.29) is 23.4 Å². The topological polar surface area (TPSA) is 63.7 Å². The first-order chi connectivity index (χ1) is 17.0. The Kier molecular flexibility index (Phi) is 7.63. The number of anilines is 1. The van der Waals surface area contributed by atoms with Gasteiger partial charge in [0.15, 0.2) is 5.78 Å². The molecule has 1 aliphatic heterocycles. The summed E-state index contributed by atoms with van der Waals surface area (Å²) < 4.78 is 18.8. The maximum atomic E-state index is 13.0. The normalized spacial score (nSPS) is 13.1. The summed E-state index contributed by atoms with van der Waals surface area (Å²) in [4.78, 5) is 36.8. The van der Waals surface area contributed by atoms with Crippen molar-refractivity contribution in [3.63, 3.8) is 0 Å². The fourth-order valence-corrected chi connectivity index (χ4v) is 3.65. The van der Waals surface area contributed by atoms with Crippen LogP contribution in [-0.4, -0.2) is 24.2 Å². The molecule has 2 amide bonds. The summed E-state index contributed by atoms with van der Waals surface area (Å²) in [5.74, 6) is -0.437. The highest BCUT2D eigenvalue weighted by atomic mass is 19.1. The fourth-order valence-electron chi connectivity index (χ4n) is 3.65.